The first-order chi connectivity index (χ1) is 8.88. The van der Waals surface area contributed by atoms with Crippen molar-refractivity contribution in [2.45, 2.75) is 39.3 Å². The Labute approximate surface area is 113 Å². The molecule has 0 aromatic heterocycles. The zero-order chi connectivity index (χ0) is 14.0. The number of nitrogens with one attached hydrogen (secondary N) is 2. The normalized spacial score (nSPS) is 19.8. The summed E-state index contributed by atoms with van der Waals surface area (Å²) in [4.78, 5) is 11.7. The Morgan fingerprint density at radius 3 is 2.32 bits per heavy atom. The topological polar surface area (TPSA) is 50.4 Å². The number of carbonyl (C=O) groups is 1. The summed E-state index contributed by atoms with van der Waals surface area (Å²) in [5.41, 5.74) is 6.95. The lowest BCUT2D eigenvalue weighted by molar-refractivity contribution is -0.116. The maximum Gasteiger partial charge on any atom is 0.263 e. The van der Waals surface area contributed by atoms with Crippen molar-refractivity contribution in [2.75, 3.05) is 0 Å². The van der Waals surface area contributed by atoms with Crippen molar-refractivity contribution >= 4 is 12.0 Å². The summed E-state index contributed by atoms with van der Waals surface area (Å²) >= 11 is 0. The highest BCUT2D eigenvalue weighted by molar-refractivity contribution is 6.01. The van der Waals surface area contributed by atoms with Gasteiger partial charge >= 0.3 is 0 Å². The number of amides is 1. The van der Waals surface area contributed by atoms with Gasteiger partial charge in [0.15, 0.2) is 0 Å². The molecule has 102 valence electrons. The van der Waals surface area contributed by atoms with Crippen molar-refractivity contribution in [1.82, 2.24) is 10.9 Å². The zero-order valence-corrected chi connectivity index (χ0v) is 11.8. The van der Waals surface area contributed by atoms with Crippen LogP contribution in [0.1, 0.15) is 33.3 Å². The summed E-state index contributed by atoms with van der Waals surface area (Å²) in [6.45, 7) is 7.92. The number of benzene rings is 1. The Bertz CT molecular complexity index is 501. The molecule has 1 fully saturated rings. The summed E-state index contributed by atoms with van der Waals surface area (Å²) in [6, 6.07) is 7.73. The molecule has 0 spiro atoms. The first-order valence-electron chi connectivity index (χ1n) is 6.45. The van der Waals surface area contributed by atoms with Gasteiger partial charge in [-0.2, -0.15) is 0 Å². The van der Waals surface area contributed by atoms with E-state index in [1.807, 2.05) is 58.0 Å². The van der Waals surface area contributed by atoms with Gasteiger partial charge < -0.3 is 4.74 Å². The van der Waals surface area contributed by atoms with Gasteiger partial charge in [0, 0.05) is 5.57 Å². The van der Waals surface area contributed by atoms with E-state index in [0.29, 0.717) is 0 Å². The Kier molecular flexibility index (Phi) is 3.62. The van der Waals surface area contributed by atoms with Crippen LogP contribution in [0.15, 0.2) is 29.8 Å². The molecule has 2 N–H and O–H groups in total. The van der Waals surface area contributed by atoms with E-state index in [2.05, 4.69) is 10.9 Å². The average molecular weight is 260 g/mol. The first-order valence-corrected chi connectivity index (χ1v) is 6.45. The van der Waals surface area contributed by atoms with Crippen LogP contribution in [0, 0.1) is 0 Å². The van der Waals surface area contributed by atoms with Crippen LogP contribution in [0.3, 0.4) is 0 Å². The third-order valence-electron chi connectivity index (χ3n) is 2.97. The van der Waals surface area contributed by atoms with Crippen LogP contribution < -0.4 is 15.6 Å². The Morgan fingerprint density at radius 1 is 1.21 bits per heavy atom. The molecule has 4 heteroatoms. The lowest BCUT2D eigenvalue weighted by atomic mass is 9.94. The quantitative estimate of drug-likeness (QED) is 0.820. The van der Waals surface area contributed by atoms with Gasteiger partial charge in [-0.05, 0) is 51.5 Å². The molecule has 1 aromatic rings. The molecular formula is C15H20N2O2. The summed E-state index contributed by atoms with van der Waals surface area (Å²) in [5.74, 6) is 0.762. The van der Waals surface area contributed by atoms with Crippen LogP contribution >= 0.6 is 0 Å². The number of hydrazine groups is 1. The molecule has 1 saturated heterocycles. The third-order valence-corrected chi connectivity index (χ3v) is 2.97. The van der Waals surface area contributed by atoms with Crippen LogP contribution in [-0.4, -0.2) is 17.6 Å². The summed E-state index contributed by atoms with van der Waals surface area (Å²) in [7, 11) is 0. The summed E-state index contributed by atoms with van der Waals surface area (Å²) in [6.07, 6.45) is 2.06. The largest absolute Gasteiger partial charge is 0.491 e. The van der Waals surface area contributed by atoms with Crippen LogP contribution in [0.4, 0.5) is 0 Å². The van der Waals surface area contributed by atoms with Gasteiger partial charge in [-0.1, -0.05) is 12.1 Å². The van der Waals surface area contributed by atoms with E-state index in [9.17, 15) is 4.79 Å². The molecule has 4 nitrogen and oxygen atoms in total. The van der Waals surface area contributed by atoms with E-state index in [4.69, 9.17) is 4.74 Å². The monoisotopic (exact) mass is 260 g/mol. The SMILES string of the molecule is CC(C)Oc1ccc(/C=C2\C(=O)NNC2(C)C)cc1. The van der Waals surface area contributed by atoms with Crippen molar-refractivity contribution < 1.29 is 9.53 Å². The molecule has 1 aromatic carbocycles. The smallest absolute Gasteiger partial charge is 0.263 e. The van der Waals surface area contributed by atoms with Gasteiger partial charge in [0.1, 0.15) is 5.75 Å². The van der Waals surface area contributed by atoms with Crippen LogP contribution in [0.2, 0.25) is 0 Å². The highest BCUT2D eigenvalue weighted by Gasteiger charge is 2.34. The van der Waals surface area contributed by atoms with E-state index in [-0.39, 0.29) is 17.6 Å². The van der Waals surface area contributed by atoms with Crippen molar-refractivity contribution in [1.29, 1.82) is 0 Å². The number of ether oxygens (including phenoxy) is 1. The summed E-state index contributed by atoms with van der Waals surface area (Å²) < 4.78 is 5.59. The predicted octanol–water partition coefficient (Wildman–Crippen LogP) is 2.27. The van der Waals surface area contributed by atoms with Crippen molar-refractivity contribution in [3.05, 3.63) is 35.4 Å². The Hall–Kier alpha value is -1.81. The highest BCUT2D eigenvalue weighted by atomic mass is 16.5. The fraction of sp³-hybridized carbons (Fsp3) is 0.400. The van der Waals surface area contributed by atoms with Crippen LogP contribution in [0.25, 0.3) is 6.08 Å². The second-order valence-corrected chi connectivity index (χ2v) is 5.50. The Morgan fingerprint density at radius 2 is 1.84 bits per heavy atom. The molecule has 0 bridgehead atoms. The lowest BCUT2D eigenvalue weighted by Crippen LogP contribution is -2.38. The number of hydrogen-bond donors (Lipinski definition) is 2. The van der Waals surface area contributed by atoms with E-state index < -0.39 is 0 Å². The van der Waals surface area contributed by atoms with E-state index in [1.54, 1.807) is 0 Å². The predicted molar refractivity (Wildman–Crippen MR) is 75.5 cm³/mol. The highest BCUT2D eigenvalue weighted by Crippen LogP contribution is 2.23. The third kappa shape index (κ3) is 3.15. The molecule has 0 aliphatic carbocycles. The van der Waals surface area contributed by atoms with Crippen molar-refractivity contribution in [3.8, 4) is 5.75 Å². The molecule has 0 unspecified atom stereocenters. The van der Waals surface area contributed by atoms with Gasteiger partial charge in [0.25, 0.3) is 5.91 Å². The number of rotatable bonds is 3. The molecule has 1 aliphatic rings. The second kappa shape index (κ2) is 5.05. The molecule has 0 atom stereocenters. The minimum absolute atomic E-state index is 0.0764. The van der Waals surface area contributed by atoms with Gasteiger partial charge in [-0.3, -0.25) is 10.2 Å². The summed E-state index contributed by atoms with van der Waals surface area (Å²) in [5, 5.41) is 0. The zero-order valence-electron chi connectivity index (χ0n) is 11.8. The van der Waals surface area contributed by atoms with Gasteiger partial charge in [0.2, 0.25) is 0 Å². The van der Waals surface area contributed by atoms with Gasteiger partial charge in [0.05, 0.1) is 11.6 Å². The second-order valence-electron chi connectivity index (χ2n) is 5.50. The van der Waals surface area contributed by atoms with Crippen LogP contribution in [0.5, 0.6) is 5.75 Å². The molecule has 1 heterocycles. The maximum atomic E-state index is 11.7. The fourth-order valence-electron chi connectivity index (χ4n) is 1.96. The number of hydrogen-bond acceptors (Lipinski definition) is 3. The molecular weight excluding hydrogens is 240 g/mol. The maximum absolute atomic E-state index is 11.7. The van der Waals surface area contributed by atoms with E-state index in [0.717, 1.165) is 16.9 Å². The molecule has 0 radical (unpaired) electrons. The minimum Gasteiger partial charge on any atom is -0.491 e. The van der Waals surface area contributed by atoms with Gasteiger partial charge in [-0.25, -0.2) is 5.43 Å². The minimum atomic E-state index is -0.357. The van der Waals surface area contributed by atoms with Crippen molar-refractivity contribution in [3.63, 3.8) is 0 Å². The molecule has 19 heavy (non-hydrogen) atoms. The molecule has 1 amide bonds. The first kappa shape index (κ1) is 13.6. The molecule has 1 aliphatic heterocycles. The molecule has 2 rings (SSSR count). The van der Waals surface area contributed by atoms with Crippen molar-refractivity contribution in [2.24, 2.45) is 0 Å². The van der Waals surface area contributed by atoms with Gasteiger partial charge in [-0.15, -0.1) is 0 Å². The van der Waals surface area contributed by atoms with E-state index >= 15 is 0 Å². The standard InChI is InChI=1S/C15H20N2O2/c1-10(2)19-12-7-5-11(6-8-12)9-13-14(18)16-17-15(13,3)4/h5-10,17H,1-4H3,(H,16,18)/b13-9+. The number of carbonyl (C=O) groups excluding carboxylic acids is 1. The van der Waals surface area contributed by atoms with E-state index in [1.165, 1.54) is 0 Å². The van der Waals surface area contributed by atoms with Crippen LogP contribution in [-0.2, 0) is 4.79 Å². The molecule has 0 saturated carbocycles. The fourth-order valence-corrected chi connectivity index (χ4v) is 1.96. The average Bonchev–Trinajstić information content (AvgIpc) is 2.58. The lowest BCUT2D eigenvalue weighted by Gasteiger charge is -2.17. The Balaban J connectivity index is 2.21.